The Morgan fingerprint density at radius 2 is 1.75 bits per heavy atom. The van der Waals surface area contributed by atoms with E-state index < -0.39 is 0 Å². The standard InChI is InChI=1S/C15H21N/c1-16-15(14-9-10-14)13-7-5-12(6-8-13)11-3-2-4-11/h5-8,11,14-16H,2-4,9-10H2,1H3. The summed E-state index contributed by atoms with van der Waals surface area (Å²) in [5.74, 6) is 1.75. The van der Waals surface area contributed by atoms with Crippen LogP contribution in [0.2, 0.25) is 0 Å². The molecule has 0 radical (unpaired) electrons. The summed E-state index contributed by atoms with van der Waals surface area (Å²) in [6, 6.07) is 9.98. The summed E-state index contributed by atoms with van der Waals surface area (Å²) in [5, 5.41) is 3.46. The number of rotatable bonds is 4. The average molecular weight is 215 g/mol. The number of hydrogen-bond acceptors (Lipinski definition) is 1. The summed E-state index contributed by atoms with van der Waals surface area (Å²) in [5.41, 5.74) is 3.04. The van der Waals surface area contributed by atoms with Crippen LogP contribution in [0.5, 0.6) is 0 Å². The quantitative estimate of drug-likeness (QED) is 0.808. The first-order valence-corrected chi connectivity index (χ1v) is 6.65. The highest BCUT2D eigenvalue weighted by molar-refractivity contribution is 5.29. The zero-order valence-electron chi connectivity index (χ0n) is 10.1. The van der Waals surface area contributed by atoms with Gasteiger partial charge in [-0.3, -0.25) is 0 Å². The number of benzene rings is 1. The minimum absolute atomic E-state index is 0.593. The van der Waals surface area contributed by atoms with Crippen molar-refractivity contribution in [1.29, 1.82) is 0 Å². The summed E-state index contributed by atoms with van der Waals surface area (Å²) >= 11 is 0. The van der Waals surface area contributed by atoms with Crippen molar-refractivity contribution in [2.24, 2.45) is 5.92 Å². The van der Waals surface area contributed by atoms with Gasteiger partial charge < -0.3 is 5.32 Å². The van der Waals surface area contributed by atoms with Crippen molar-refractivity contribution in [3.05, 3.63) is 35.4 Å². The fourth-order valence-corrected chi connectivity index (χ4v) is 2.82. The molecule has 2 aliphatic carbocycles. The number of nitrogens with one attached hydrogen (secondary N) is 1. The Morgan fingerprint density at radius 1 is 1.06 bits per heavy atom. The molecule has 1 heteroatoms. The first-order chi connectivity index (χ1) is 7.88. The molecule has 0 bridgehead atoms. The SMILES string of the molecule is CNC(c1ccc(C2CCC2)cc1)C1CC1. The molecule has 0 aliphatic heterocycles. The van der Waals surface area contributed by atoms with Crippen molar-refractivity contribution >= 4 is 0 Å². The van der Waals surface area contributed by atoms with Crippen LogP contribution in [0.3, 0.4) is 0 Å². The maximum Gasteiger partial charge on any atom is 0.0346 e. The number of hydrogen-bond donors (Lipinski definition) is 1. The summed E-state index contributed by atoms with van der Waals surface area (Å²) < 4.78 is 0. The summed E-state index contributed by atoms with van der Waals surface area (Å²) in [6.45, 7) is 0. The van der Waals surface area contributed by atoms with E-state index in [2.05, 4.69) is 36.6 Å². The molecule has 16 heavy (non-hydrogen) atoms. The van der Waals surface area contributed by atoms with Crippen LogP contribution in [0.15, 0.2) is 24.3 Å². The van der Waals surface area contributed by atoms with Crippen LogP contribution in [0, 0.1) is 5.92 Å². The van der Waals surface area contributed by atoms with E-state index in [9.17, 15) is 0 Å². The third-order valence-corrected chi connectivity index (χ3v) is 4.28. The first-order valence-electron chi connectivity index (χ1n) is 6.65. The molecule has 2 saturated carbocycles. The van der Waals surface area contributed by atoms with Crippen molar-refractivity contribution in [1.82, 2.24) is 5.32 Å². The van der Waals surface area contributed by atoms with Crippen LogP contribution < -0.4 is 5.32 Å². The van der Waals surface area contributed by atoms with E-state index in [-0.39, 0.29) is 0 Å². The van der Waals surface area contributed by atoms with Gasteiger partial charge in [-0.25, -0.2) is 0 Å². The van der Waals surface area contributed by atoms with E-state index in [1.807, 2.05) is 0 Å². The monoisotopic (exact) mass is 215 g/mol. The Labute approximate surface area is 98.3 Å². The Balaban J connectivity index is 1.75. The molecular formula is C15H21N. The van der Waals surface area contributed by atoms with Gasteiger partial charge in [0.25, 0.3) is 0 Å². The maximum absolute atomic E-state index is 3.46. The van der Waals surface area contributed by atoms with E-state index in [0.29, 0.717) is 6.04 Å². The highest BCUT2D eigenvalue weighted by Crippen LogP contribution is 2.41. The molecule has 2 fully saturated rings. The van der Waals surface area contributed by atoms with Crippen LogP contribution in [0.4, 0.5) is 0 Å². The van der Waals surface area contributed by atoms with Gasteiger partial charge in [-0.2, -0.15) is 0 Å². The van der Waals surface area contributed by atoms with Crippen LogP contribution in [-0.4, -0.2) is 7.05 Å². The first kappa shape index (κ1) is 10.3. The minimum Gasteiger partial charge on any atom is -0.313 e. The molecule has 1 aromatic rings. The molecule has 0 heterocycles. The van der Waals surface area contributed by atoms with Crippen molar-refractivity contribution in [2.45, 2.75) is 44.1 Å². The fraction of sp³-hybridized carbons (Fsp3) is 0.600. The van der Waals surface area contributed by atoms with Gasteiger partial charge in [0.15, 0.2) is 0 Å². The van der Waals surface area contributed by atoms with Crippen molar-refractivity contribution in [3.8, 4) is 0 Å². The van der Waals surface area contributed by atoms with Crippen LogP contribution >= 0.6 is 0 Å². The topological polar surface area (TPSA) is 12.0 Å². The second-order valence-corrected chi connectivity index (χ2v) is 5.40. The normalized spacial score (nSPS) is 22.8. The van der Waals surface area contributed by atoms with Crippen LogP contribution in [-0.2, 0) is 0 Å². The fourth-order valence-electron chi connectivity index (χ4n) is 2.82. The third-order valence-electron chi connectivity index (χ3n) is 4.28. The lowest BCUT2D eigenvalue weighted by molar-refractivity contribution is 0.419. The Hall–Kier alpha value is -0.820. The van der Waals surface area contributed by atoms with Gasteiger partial charge in [-0.15, -0.1) is 0 Å². The highest BCUT2D eigenvalue weighted by Gasteiger charge is 2.31. The highest BCUT2D eigenvalue weighted by atomic mass is 14.9. The Kier molecular flexibility index (Phi) is 2.72. The van der Waals surface area contributed by atoms with Gasteiger partial charge in [0.2, 0.25) is 0 Å². The predicted molar refractivity (Wildman–Crippen MR) is 67.6 cm³/mol. The van der Waals surface area contributed by atoms with Gasteiger partial charge in [-0.1, -0.05) is 30.7 Å². The lowest BCUT2D eigenvalue weighted by Gasteiger charge is -2.26. The van der Waals surface area contributed by atoms with E-state index >= 15 is 0 Å². The Bertz CT molecular complexity index is 346. The van der Waals surface area contributed by atoms with Crippen molar-refractivity contribution in [2.75, 3.05) is 7.05 Å². The van der Waals surface area contributed by atoms with Gasteiger partial charge in [-0.05, 0) is 55.7 Å². The maximum atomic E-state index is 3.46. The lowest BCUT2D eigenvalue weighted by atomic mass is 9.80. The van der Waals surface area contributed by atoms with Gasteiger partial charge in [0.05, 0.1) is 0 Å². The molecular weight excluding hydrogens is 194 g/mol. The third kappa shape index (κ3) is 1.89. The van der Waals surface area contributed by atoms with E-state index in [1.165, 1.54) is 37.7 Å². The largest absolute Gasteiger partial charge is 0.313 e. The minimum atomic E-state index is 0.593. The van der Waals surface area contributed by atoms with Gasteiger partial charge in [0, 0.05) is 6.04 Å². The molecule has 1 nitrogen and oxygen atoms in total. The molecule has 2 aliphatic rings. The molecule has 1 N–H and O–H groups in total. The second-order valence-electron chi connectivity index (χ2n) is 5.40. The predicted octanol–water partition coefficient (Wildman–Crippen LogP) is 3.62. The average Bonchev–Trinajstić information content (AvgIpc) is 3.03. The zero-order valence-corrected chi connectivity index (χ0v) is 10.1. The molecule has 0 saturated heterocycles. The van der Waals surface area contributed by atoms with Crippen LogP contribution in [0.25, 0.3) is 0 Å². The van der Waals surface area contributed by atoms with Crippen LogP contribution in [0.1, 0.15) is 55.2 Å². The summed E-state index contributed by atoms with van der Waals surface area (Å²) in [4.78, 5) is 0. The Morgan fingerprint density at radius 3 is 2.19 bits per heavy atom. The van der Waals surface area contributed by atoms with E-state index in [1.54, 1.807) is 5.56 Å². The van der Waals surface area contributed by atoms with Gasteiger partial charge in [0.1, 0.15) is 0 Å². The summed E-state index contributed by atoms with van der Waals surface area (Å²) in [7, 11) is 2.09. The molecule has 0 spiro atoms. The molecule has 0 amide bonds. The second kappa shape index (κ2) is 4.21. The molecule has 0 aromatic heterocycles. The van der Waals surface area contributed by atoms with E-state index in [0.717, 1.165) is 11.8 Å². The van der Waals surface area contributed by atoms with Gasteiger partial charge >= 0.3 is 0 Å². The van der Waals surface area contributed by atoms with Crippen molar-refractivity contribution < 1.29 is 0 Å². The van der Waals surface area contributed by atoms with E-state index in [4.69, 9.17) is 0 Å². The van der Waals surface area contributed by atoms with Crippen molar-refractivity contribution in [3.63, 3.8) is 0 Å². The smallest absolute Gasteiger partial charge is 0.0346 e. The lowest BCUT2D eigenvalue weighted by Crippen LogP contribution is -2.18. The molecule has 1 unspecified atom stereocenters. The molecule has 1 aromatic carbocycles. The zero-order chi connectivity index (χ0) is 11.0. The summed E-state index contributed by atoms with van der Waals surface area (Å²) in [6.07, 6.45) is 7.02. The molecule has 86 valence electrons. The molecule has 3 rings (SSSR count). The molecule has 1 atom stereocenters.